The second-order valence-corrected chi connectivity index (χ2v) is 8.31. The van der Waals surface area contributed by atoms with Crippen molar-refractivity contribution in [3.05, 3.63) is 70.6 Å². The lowest BCUT2D eigenvalue weighted by molar-refractivity contribution is 0.200. The van der Waals surface area contributed by atoms with E-state index >= 15 is 0 Å². The zero-order chi connectivity index (χ0) is 17.2. The van der Waals surface area contributed by atoms with E-state index in [1.165, 1.54) is 26.1 Å². The Morgan fingerprint density at radius 1 is 0.920 bits per heavy atom. The number of benzene rings is 2. The van der Waals surface area contributed by atoms with Gasteiger partial charge in [0.05, 0.1) is 6.04 Å². The topological polar surface area (TPSA) is 15.3 Å². The number of hydrogen-bond donors (Lipinski definition) is 1. The maximum absolute atomic E-state index is 3.48. The third-order valence-electron chi connectivity index (χ3n) is 5.15. The van der Waals surface area contributed by atoms with Gasteiger partial charge in [-0.1, -0.05) is 56.3 Å². The second-order valence-electron chi connectivity index (χ2n) is 7.20. The zero-order valence-corrected chi connectivity index (χ0v) is 15.9. The molecule has 2 heterocycles. The minimum absolute atomic E-state index is 0.362. The van der Waals surface area contributed by atoms with Gasteiger partial charge in [0, 0.05) is 35.8 Å². The smallest absolute Gasteiger partial charge is 0.0697 e. The maximum atomic E-state index is 3.48. The molecule has 4 rings (SSSR count). The van der Waals surface area contributed by atoms with Gasteiger partial charge in [-0.3, -0.25) is 4.90 Å². The first kappa shape index (κ1) is 16.8. The average molecular weight is 351 g/mol. The molecule has 1 aliphatic rings. The lowest BCUT2D eigenvalue weighted by Crippen LogP contribution is -2.45. The summed E-state index contributed by atoms with van der Waals surface area (Å²) in [6, 6.07) is 20.8. The van der Waals surface area contributed by atoms with Crippen molar-refractivity contribution in [3.63, 3.8) is 0 Å². The number of fused-ring (bicyclic) bond motifs is 1. The van der Waals surface area contributed by atoms with Crippen LogP contribution in [-0.4, -0.2) is 31.1 Å². The van der Waals surface area contributed by atoms with Crippen LogP contribution in [0.15, 0.2) is 54.6 Å². The summed E-state index contributed by atoms with van der Waals surface area (Å²) >= 11 is 1.94. The van der Waals surface area contributed by atoms with Crippen LogP contribution in [0.3, 0.4) is 0 Å². The molecule has 2 aromatic carbocycles. The standard InChI is InChI=1S/C22H26N2S/c1-16(2)17-7-9-18(10-8-17)22(24-13-11-23-12-14-24)21-15-19-5-3-4-6-20(19)25-21/h3-10,15-16,22-23H,11-14H2,1-2H3. The van der Waals surface area contributed by atoms with Crippen LogP contribution < -0.4 is 5.32 Å². The minimum atomic E-state index is 0.362. The minimum Gasteiger partial charge on any atom is -0.314 e. The Balaban J connectivity index is 1.75. The SMILES string of the molecule is CC(C)c1ccc(C(c2cc3ccccc3s2)N2CCNCC2)cc1. The molecule has 1 fully saturated rings. The van der Waals surface area contributed by atoms with Crippen LogP contribution in [0.4, 0.5) is 0 Å². The summed E-state index contributed by atoms with van der Waals surface area (Å²) in [7, 11) is 0. The Labute approximate surface area is 154 Å². The number of rotatable bonds is 4. The van der Waals surface area contributed by atoms with Crippen LogP contribution in [0, 0.1) is 0 Å². The molecule has 0 radical (unpaired) electrons. The van der Waals surface area contributed by atoms with E-state index in [0.29, 0.717) is 12.0 Å². The normalized spacial score (nSPS) is 17.2. The third kappa shape index (κ3) is 3.50. The largest absolute Gasteiger partial charge is 0.314 e. The van der Waals surface area contributed by atoms with Gasteiger partial charge in [0.1, 0.15) is 0 Å². The highest BCUT2D eigenvalue weighted by molar-refractivity contribution is 7.19. The van der Waals surface area contributed by atoms with Gasteiger partial charge in [-0.15, -0.1) is 11.3 Å². The first-order chi connectivity index (χ1) is 12.2. The molecule has 25 heavy (non-hydrogen) atoms. The van der Waals surface area contributed by atoms with Gasteiger partial charge in [-0.25, -0.2) is 0 Å². The number of piperazine rings is 1. The molecular weight excluding hydrogens is 324 g/mol. The second kappa shape index (κ2) is 7.28. The maximum Gasteiger partial charge on any atom is 0.0697 e. The van der Waals surface area contributed by atoms with Crippen molar-refractivity contribution in [1.29, 1.82) is 0 Å². The van der Waals surface area contributed by atoms with Crippen molar-refractivity contribution in [2.24, 2.45) is 0 Å². The number of nitrogens with one attached hydrogen (secondary N) is 1. The fraction of sp³-hybridized carbons (Fsp3) is 0.364. The lowest BCUT2D eigenvalue weighted by atomic mass is 9.97. The van der Waals surface area contributed by atoms with Crippen LogP contribution in [0.2, 0.25) is 0 Å². The zero-order valence-electron chi connectivity index (χ0n) is 15.0. The first-order valence-corrected chi connectivity index (χ1v) is 10.1. The summed E-state index contributed by atoms with van der Waals surface area (Å²) < 4.78 is 1.39. The van der Waals surface area contributed by atoms with Crippen molar-refractivity contribution in [2.45, 2.75) is 25.8 Å². The Morgan fingerprint density at radius 2 is 1.60 bits per heavy atom. The Hall–Kier alpha value is -1.68. The molecule has 1 aromatic heterocycles. The van der Waals surface area contributed by atoms with E-state index in [-0.39, 0.29) is 0 Å². The van der Waals surface area contributed by atoms with Gasteiger partial charge in [0.15, 0.2) is 0 Å². The summed E-state index contributed by atoms with van der Waals surface area (Å²) in [6.45, 7) is 8.87. The Kier molecular flexibility index (Phi) is 4.89. The molecular formula is C22H26N2S. The molecule has 3 heteroatoms. The van der Waals surface area contributed by atoms with Gasteiger partial charge in [-0.05, 0) is 34.6 Å². The van der Waals surface area contributed by atoms with Gasteiger partial charge in [-0.2, -0.15) is 0 Å². The van der Waals surface area contributed by atoms with Gasteiger partial charge < -0.3 is 5.32 Å². The summed E-state index contributed by atoms with van der Waals surface area (Å²) in [6.07, 6.45) is 0. The average Bonchev–Trinajstić information content (AvgIpc) is 3.07. The van der Waals surface area contributed by atoms with Crippen LogP contribution in [0.5, 0.6) is 0 Å². The molecule has 0 aliphatic carbocycles. The van der Waals surface area contributed by atoms with Crippen molar-refractivity contribution in [2.75, 3.05) is 26.2 Å². The van der Waals surface area contributed by atoms with Crippen molar-refractivity contribution < 1.29 is 0 Å². The van der Waals surface area contributed by atoms with Crippen LogP contribution in [0.1, 0.15) is 41.8 Å². The molecule has 1 N–H and O–H groups in total. The predicted molar refractivity (Wildman–Crippen MR) is 109 cm³/mol. The molecule has 1 unspecified atom stereocenters. The molecule has 0 amide bonds. The van der Waals surface area contributed by atoms with Crippen LogP contribution >= 0.6 is 11.3 Å². The number of nitrogens with zero attached hydrogens (tertiary/aromatic N) is 1. The summed E-state index contributed by atoms with van der Waals surface area (Å²) in [5, 5.41) is 4.85. The molecule has 0 bridgehead atoms. The third-order valence-corrected chi connectivity index (χ3v) is 6.32. The molecule has 1 atom stereocenters. The number of thiophene rings is 1. The van der Waals surface area contributed by atoms with E-state index in [4.69, 9.17) is 0 Å². The summed E-state index contributed by atoms with van der Waals surface area (Å²) in [4.78, 5) is 4.09. The van der Waals surface area contributed by atoms with Crippen molar-refractivity contribution in [3.8, 4) is 0 Å². The highest BCUT2D eigenvalue weighted by atomic mass is 32.1. The van der Waals surface area contributed by atoms with Gasteiger partial charge in [0.25, 0.3) is 0 Å². The summed E-state index contributed by atoms with van der Waals surface area (Å²) in [5.74, 6) is 0.580. The van der Waals surface area contributed by atoms with E-state index in [9.17, 15) is 0 Å². The van der Waals surface area contributed by atoms with E-state index in [1.807, 2.05) is 11.3 Å². The highest BCUT2D eigenvalue weighted by Crippen LogP contribution is 2.37. The molecule has 0 saturated carbocycles. The van der Waals surface area contributed by atoms with Crippen molar-refractivity contribution >= 4 is 21.4 Å². The van der Waals surface area contributed by atoms with Gasteiger partial charge >= 0.3 is 0 Å². The predicted octanol–water partition coefficient (Wildman–Crippen LogP) is 5.02. The molecule has 1 saturated heterocycles. The first-order valence-electron chi connectivity index (χ1n) is 9.25. The molecule has 2 nitrogen and oxygen atoms in total. The van der Waals surface area contributed by atoms with Crippen molar-refractivity contribution in [1.82, 2.24) is 10.2 Å². The van der Waals surface area contributed by atoms with Gasteiger partial charge in [0.2, 0.25) is 0 Å². The monoisotopic (exact) mass is 350 g/mol. The van der Waals surface area contributed by atoms with E-state index in [1.54, 1.807) is 0 Å². The number of hydrogen-bond acceptors (Lipinski definition) is 3. The van der Waals surface area contributed by atoms with E-state index < -0.39 is 0 Å². The highest BCUT2D eigenvalue weighted by Gasteiger charge is 2.25. The van der Waals surface area contributed by atoms with Crippen LogP contribution in [0.25, 0.3) is 10.1 Å². The molecule has 1 aliphatic heterocycles. The Bertz CT molecular complexity index is 796. The molecule has 0 spiro atoms. The lowest BCUT2D eigenvalue weighted by Gasteiger charge is -2.35. The van der Waals surface area contributed by atoms with E-state index in [2.05, 4.69) is 78.7 Å². The Morgan fingerprint density at radius 3 is 2.28 bits per heavy atom. The van der Waals surface area contributed by atoms with Crippen LogP contribution in [-0.2, 0) is 0 Å². The quantitative estimate of drug-likeness (QED) is 0.711. The molecule has 3 aromatic rings. The fourth-order valence-corrected chi connectivity index (χ4v) is 4.92. The molecule has 130 valence electrons. The summed E-state index contributed by atoms with van der Waals surface area (Å²) in [5.41, 5.74) is 2.83. The fourth-order valence-electron chi connectivity index (χ4n) is 3.70. The van der Waals surface area contributed by atoms with E-state index in [0.717, 1.165) is 26.2 Å².